The number of nitrogens with one attached hydrogen (secondary N) is 2. The predicted molar refractivity (Wildman–Crippen MR) is 86.0 cm³/mol. The highest BCUT2D eigenvalue weighted by molar-refractivity contribution is 5.93. The molecule has 0 bridgehead atoms. The molecule has 1 aromatic heterocycles. The van der Waals surface area contributed by atoms with Crippen molar-refractivity contribution in [3.63, 3.8) is 0 Å². The lowest BCUT2D eigenvalue weighted by atomic mass is 10.1. The van der Waals surface area contributed by atoms with E-state index in [2.05, 4.69) is 15.3 Å². The third kappa shape index (κ3) is 3.67. The Morgan fingerprint density at radius 3 is 2.88 bits per heavy atom. The number of ether oxygens (including phenoxy) is 2. The van der Waals surface area contributed by atoms with Crippen molar-refractivity contribution >= 4 is 5.91 Å². The summed E-state index contributed by atoms with van der Waals surface area (Å²) in [5.74, 6) is 1.29. The van der Waals surface area contributed by atoms with Crippen LogP contribution >= 0.6 is 0 Å². The van der Waals surface area contributed by atoms with Gasteiger partial charge in [-0.3, -0.25) is 9.59 Å². The standard InChI is InChI=1S/C17H23N3O4/c21-16(12-7-18-15(11-3-4-11)20-17(12)22)19-13-9-23-6-5-14(13)24-8-10-1-2-10/h7,10-11,13-14H,1-6,8-9H2,(H,19,21)(H,18,20,22)/t13-,14+/m1/s1. The molecule has 1 amide bonds. The Labute approximate surface area is 140 Å². The number of nitrogens with zero attached hydrogens (tertiary/aromatic N) is 1. The molecule has 4 rings (SSSR count). The Morgan fingerprint density at radius 2 is 2.17 bits per heavy atom. The van der Waals surface area contributed by atoms with E-state index in [0.29, 0.717) is 30.9 Å². The summed E-state index contributed by atoms with van der Waals surface area (Å²) in [6, 6.07) is -0.229. The van der Waals surface area contributed by atoms with Crippen molar-refractivity contribution in [1.29, 1.82) is 0 Å². The molecule has 0 spiro atoms. The number of rotatable bonds is 6. The quantitative estimate of drug-likeness (QED) is 0.809. The summed E-state index contributed by atoms with van der Waals surface area (Å²) in [6.07, 6.45) is 6.64. The van der Waals surface area contributed by atoms with Gasteiger partial charge in [-0.05, 0) is 38.0 Å². The Morgan fingerprint density at radius 1 is 1.33 bits per heavy atom. The molecule has 1 saturated heterocycles. The minimum atomic E-state index is -0.415. The zero-order valence-electron chi connectivity index (χ0n) is 13.6. The second-order valence-electron chi connectivity index (χ2n) is 7.04. The van der Waals surface area contributed by atoms with Gasteiger partial charge in [0.05, 0.1) is 18.8 Å². The molecule has 2 aliphatic carbocycles. The number of carbonyl (C=O) groups excluding carboxylic acids is 1. The number of carbonyl (C=O) groups is 1. The molecule has 7 nitrogen and oxygen atoms in total. The van der Waals surface area contributed by atoms with E-state index in [1.165, 1.54) is 19.0 Å². The van der Waals surface area contributed by atoms with Crippen molar-refractivity contribution in [1.82, 2.24) is 15.3 Å². The van der Waals surface area contributed by atoms with Gasteiger partial charge >= 0.3 is 0 Å². The average Bonchev–Trinajstić information content (AvgIpc) is 3.48. The number of aromatic nitrogens is 2. The minimum Gasteiger partial charge on any atom is -0.379 e. The van der Waals surface area contributed by atoms with E-state index in [1.807, 2.05) is 0 Å². The molecule has 3 aliphatic rings. The second kappa shape index (κ2) is 6.64. The smallest absolute Gasteiger partial charge is 0.263 e. The summed E-state index contributed by atoms with van der Waals surface area (Å²) in [5, 5.41) is 2.89. The number of H-pyrrole nitrogens is 1. The SMILES string of the molecule is O=C(N[C@@H]1COCC[C@@H]1OCC1CC1)c1cnc(C2CC2)[nH]c1=O. The average molecular weight is 333 g/mol. The van der Waals surface area contributed by atoms with Gasteiger partial charge in [0.15, 0.2) is 0 Å². The van der Waals surface area contributed by atoms with Crippen molar-refractivity contribution in [3.05, 3.63) is 27.9 Å². The molecule has 1 aromatic rings. The van der Waals surface area contributed by atoms with Crippen LogP contribution in [0.5, 0.6) is 0 Å². The van der Waals surface area contributed by atoms with Gasteiger partial charge in [-0.15, -0.1) is 0 Å². The van der Waals surface area contributed by atoms with Crippen LogP contribution < -0.4 is 10.9 Å². The maximum Gasteiger partial charge on any atom is 0.263 e. The molecule has 0 radical (unpaired) electrons. The van der Waals surface area contributed by atoms with Crippen molar-refractivity contribution < 1.29 is 14.3 Å². The number of amides is 1. The first-order chi connectivity index (χ1) is 11.7. The third-order valence-corrected chi connectivity index (χ3v) is 4.88. The molecular weight excluding hydrogens is 310 g/mol. The summed E-state index contributed by atoms with van der Waals surface area (Å²) in [6.45, 7) is 1.79. The first-order valence-electron chi connectivity index (χ1n) is 8.80. The number of aromatic amines is 1. The fourth-order valence-corrected chi connectivity index (χ4v) is 2.98. The fraction of sp³-hybridized carbons (Fsp3) is 0.706. The Kier molecular flexibility index (Phi) is 4.37. The van der Waals surface area contributed by atoms with E-state index in [0.717, 1.165) is 25.9 Å². The monoisotopic (exact) mass is 333 g/mol. The Hall–Kier alpha value is -1.73. The minimum absolute atomic E-state index is 0.0471. The van der Waals surface area contributed by atoms with Crippen LogP contribution in [0.1, 0.15) is 54.2 Å². The van der Waals surface area contributed by atoms with Crippen molar-refractivity contribution in [2.24, 2.45) is 5.92 Å². The molecule has 2 heterocycles. The summed E-state index contributed by atoms with van der Waals surface area (Å²) in [4.78, 5) is 31.5. The van der Waals surface area contributed by atoms with Gasteiger partial charge in [-0.1, -0.05) is 0 Å². The normalized spacial score (nSPS) is 27.0. The van der Waals surface area contributed by atoms with Crippen LogP contribution in [0.3, 0.4) is 0 Å². The maximum absolute atomic E-state index is 12.4. The summed E-state index contributed by atoms with van der Waals surface area (Å²) < 4.78 is 11.4. The van der Waals surface area contributed by atoms with E-state index in [-0.39, 0.29) is 23.3 Å². The zero-order chi connectivity index (χ0) is 16.5. The molecule has 2 N–H and O–H groups in total. The molecule has 2 saturated carbocycles. The fourth-order valence-electron chi connectivity index (χ4n) is 2.98. The lowest BCUT2D eigenvalue weighted by Gasteiger charge is -2.32. The molecular formula is C17H23N3O4. The van der Waals surface area contributed by atoms with Crippen LogP contribution in [0.25, 0.3) is 0 Å². The van der Waals surface area contributed by atoms with E-state index >= 15 is 0 Å². The van der Waals surface area contributed by atoms with E-state index < -0.39 is 5.91 Å². The van der Waals surface area contributed by atoms with E-state index in [4.69, 9.17) is 9.47 Å². The van der Waals surface area contributed by atoms with Gasteiger partial charge in [0.2, 0.25) is 0 Å². The molecule has 0 aromatic carbocycles. The Balaban J connectivity index is 1.40. The van der Waals surface area contributed by atoms with Crippen LogP contribution in [0.2, 0.25) is 0 Å². The van der Waals surface area contributed by atoms with Gasteiger partial charge < -0.3 is 19.8 Å². The molecule has 0 unspecified atom stereocenters. The topological polar surface area (TPSA) is 93.3 Å². The third-order valence-electron chi connectivity index (χ3n) is 4.88. The Bertz CT molecular complexity index is 666. The van der Waals surface area contributed by atoms with Crippen molar-refractivity contribution in [2.45, 2.75) is 50.2 Å². The highest BCUT2D eigenvalue weighted by Crippen LogP contribution is 2.37. The van der Waals surface area contributed by atoms with Crippen LogP contribution in [-0.2, 0) is 9.47 Å². The highest BCUT2D eigenvalue weighted by Gasteiger charge is 2.32. The van der Waals surface area contributed by atoms with Crippen LogP contribution in [0.15, 0.2) is 11.0 Å². The summed E-state index contributed by atoms with van der Waals surface area (Å²) in [5.41, 5.74) is -0.331. The molecule has 2 atom stereocenters. The van der Waals surface area contributed by atoms with Crippen LogP contribution in [-0.4, -0.2) is 47.8 Å². The predicted octanol–water partition coefficient (Wildman–Crippen LogP) is 0.961. The molecule has 130 valence electrons. The molecule has 7 heteroatoms. The van der Waals surface area contributed by atoms with E-state index in [9.17, 15) is 9.59 Å². The van der Waals surface area contributed by atoms with Crippen LogP contribution in [0.4, 0.5) is 0 Å². The summed E-state index contributed by atoms with van der Waals surface area (Å²) in [7, 11) is 0. The van der Waals surface area contributed by atoms with Gasteiger partial charge in [0.1, 0.15) is 11.4 Å². The number of hydrogen-bond acceptors (Lipinski definition) is 5. The zero-order valence-corrected chi connectivity index (χ0v) is 13.6. The lowest BCUT2D eigenvalue weighted by Crippen LogP contribution is -2.51. The van der Waals surface area contributed by atoms with Crippen molar-refractivity contribution in [2.75, 3.05) is 19.8 Å². The van der Waals surface area contributed by atoms with Crippen LogP contribution in [0, 0.1) is 5.92 Å². The first kappa shape index (κ1) is 15.8. The second-order valence-corrected chi connectivity index (χ2v) is 7.04. The number of hydrogen-bond donors (Lipinski definition) is 2. The largest absolute Gasteiger partial charge is 0.379 e. The van der Waals surface area contributed by atoms with Gasteiger partial charge in [0.25, 0.3) is 11.5 Å². The maximum atomic E-state index is 12.4. The van der Waals surface area contributed by atoms with Gasteiger partial charge in [0, 0.05) is 25.3 Å². The first-order valence-corrected chi connectivity index (χ1v) is 8.80. The molecule has 24 heavy (non-hydrogen) atoms. The van der Waals surface area contributed by atoms with Crippen molar-refractivity contribution in [3.8, 4) is 0 Å². The van der Waals surface area contributed by atoms with E-state index in [1.54, 1.807) is 0 Å². The molecule has 1 aliphatic heterocycles. The summed E-state index contributed by atoms with van der Waals surface area (Å²) >= 11 is 0. The highest BCUT2D eigenvalue weighted by atomic mass is 16.5. The van der Waals surface area contributed by atoms with Gasteiger partial charge in [-0.2, -0.15) is 0 Å². The lowest BCUT2D eigenvalue weighted by molar-refractivity contribution is -0.0567. The molecule has 3 fully saturated rings. The van der Waals surface area contributed by atoms with Gasteiger partial charge in [-0.25, -0.2) is 4.98 Å².